The molecule has 0 saturated heterocycles. The number of thiazole rings is 1. The highest BCUT2D eigenvalue weighted by molar-refractivity contribution is 7.13. The van der Waals surface area contributed by atoms with Gasteiger partial charge in [-0.2, -0.15) is 0 Å². The zero-order chi connectivity index (χ0) is 13.5. The van der Waals surface area contributed by atoms with E-state index in [1.165, 1.54) is 11.3 Å². The summed E-state index contributed by atoms with van der Waals surface area (Å²) in [7, 11) is 1.66. The molecule has 0 fully saturated rings. The van der Waals surface area contributed by atoms with Crippen LogP contribution in [0.4, 0.5) is 0 Å². The lowest BCUT2D eigenvalue weighted by Crippen LogP contribution is -2.24. The summed E-state index contributed by atoms with van der Waals surface area (Å²) in [5.41, 5.74) is 0.833. The Labute approximate surface area is 113 Å². The van der Waals surface area contributed by atoms with Crippen molar-refractivity contribution in [2.45, 2.75) is 33.6 Å². The number of hydrogen-bond acceptors (Lipinski definition) is 4. The number of aromatic nitrogens is 1. The number of nitrogens with zero attached hydrogens (tertiary/aromatic N) is 1. The first-order valence-electron chi connectivity index (χ1n) is 6.28. The third kappa shape index (κ3) is 4.74. The number of rotatable bonds is 7. The Morgan fingerprint density at radius 2 is 2.22 bits per heavy atom. The van der Waals surface area contributed by atoms with Crippen LogP contribution in [0.3, 0.4) is 0 Å². The number of ether oxygens (including phenoxy) is 1. The zero-order valence-corrected chi connectivity index (χ0v) is 12.4. The quantitative estimate of drug-likeness (QED) is 0.774. The van der Waals surface area contributed by atoms with Crippen LogP contribution >= 0.6 is 11.3 Å². The molecule has 0 spiro atoms. The zero-order valence-electron chi connectivity index (χ0n) is 11.6. The Morgan fingerprint density at radius 1 is 1.50 bits per heavy atom. The first kappa shape index (κ1) is 15.1. The lowest BCUT2D eigenvalue weighted by Gasteiger charge is -2.03. The highest BCUT2D eigenvalue weighted by atomic mass is 32.1. The van der Waals surface area contributed by atoms with Gasteiger partial charge >= 0.3 is 0 Å². The predicted molar refractivity (Wildman–Crippen MR) is 74.2 cm³/mol. The van der Waals surface area contributed by atoms with Crippen LogP contribution in [0.15, 0.2) is 0 Å². The SMILES string of the molecule is COCCCNC(=O)c1sc(CC(C)C)nc1C. The maximum Gasteiger partial charge on any atom is 0.263 e. The van der Waals surface area contributed by atoms with E-state index < -0.39 is 0 Å². The number of nitrogens with one attached hydrogen (secondary N) is 1. The summed E-state index contributed by atoms with van der Waals surface area (Å²) in [4.78, 5) is 17.1. The van der Waals surface area contributed by atoms with Gasteiger partial charge in [0.05, 0.1) is 10.7 Å². The van der Waals surface area contributed by atoms with E-state index in [2.05, 4.69) is 24.1 Å². The molecule has 1 aromatic heterocycles. The van der Waals surface area contributed by atoms with E-state index in [1.807, 2.05) is 6.92 Å². The van der Waals surface area contributed by atoms with Gasteiger partial charge in [-0.05, 0) is 19.3 Å². The molecule has 4 nitrogen and oxygen atoms in total. The number of carbonyl (C=O) groups is 1. The van der Waals surface area contributed by atoms with Gasteiger partial charge in [-0.1, -0.05) is 13.8 Å². The number of aryl methyl sites for hydroxylation is 1. The molecule has 1 amide bonds. The molecule has 0 saturated carbocycles. The lowest BCUT2D eigenvalue weighted by atomic mass is 10.1. The molecule has 102 valence electrons. The normalized spacial score (nSPS) is 10.9. The van der Waals surface area contributed by atoms with Gasteiger partial charge in [-0.25, -0.2) is 4.98 Å². The van der Waals surface area contributed by atoms with E-state index in [4.69, 9.17) is 4.74 Å². The molecule has 0 unspecified atom stereocenters. The summed E-state index contributed by atoms with van der Waals surface area (Å²) < 4.78 is 4.94. The summed E-state index contributed by atoms with van der Waals surface area (Å²) >= 11 is 1.51. The molecule has 0 radical (unpaired) electrons. The predicted octanol–water partition coefficient (Wildman–Crippen LogP) is 2.42. The van der Waals surface area contributed by atoms with Crippen LogP contribution in [0.5, 0.6) is 0 Å². The molecule has 1 N–H and O–H groups in total. The Morgan fingerprint density at radius 3 is 2.83 bits per heavy atom. The van der Waals surface area contributed by atoms with Crippen LogP contribution in [0.2, 0.25) is 0 Å². The highest BCUT2D eigenvalue weighted by Crippen LogP contribution is 2.20. The molecule has 18 heavy (non-hydrogen) atoms. The monoisotopic (exact) mass is 270 g/mol. The van der Waals surface area contributed by atoms with Crippen molar-refractivity contribution < 1.29 is 9.53 Å². The molecule has 1 heterocycles. The van der Waals surface area contributed by atoms with Gasteiger partial charge in [0.1, 0.15) is 4.88 Å². The van der Waals surface area contributed by atoms with Crippen molar-refractivity contribution in [1.82, 2.24) is 10.3 Å². The molecule has 0 bridgehead atoms. The van der Waals surface area contributed by atoms with Gasteiger partial charge in [0.2, 0.25) is 0 Å². The van der Waals surface area contributed by atoms with Gasteiger partial charge in [-0.3, -0.25) is 4.79 Å². The first-order chi connectivity index (χ1) is 8.54. The largest absolute Gasteiger partial charge is 0.385 e. The van der Waals surface area contributed by atoms with Crippen molar-refractivity contribution in [1.29, 1.82) is 0 Å². The first-order valence-corrected chi connectivity index (χ1v) is 7.09. The van der Waals surface area contributed by atoms with Gasteiger partial charge in [0.25, 0.3) is 5.91 Å². The third-order valence-electron chi connectivity index (χ3n) is 2.44. The van der Waals surface area contributed by atoms with E-state index in [-0.39, 0.29) is 5.91 Å². The molecule has 0 aliphatic carbocycles. The fourth-order valence-corrected chi connectivity index (χ4v) is 2.79. The maximum atomic E-state index is 11.9. The standard InChI is InChI=1S/C13H22N2O2S/c1-9(2)8-11-15-10(3)12(18-11)13(16)14-6-5-7-17-4/h9H,5-8H2,1-4H3,(H,14,16). The highest BCUT2D eigenvalue weighted by Gasteiger charge is 2.15. The summed E-state index contributed by atoms with van der Waals surface area (Å²) in [6, 6.07) is 0. The molecular formula is C13H22N2O2S. The minimum absolute atomic E-state index is 0.0175. The fraction of sp³-hybridized carbons (Fsp3) is 0.692. The van der Waals surface area contributed by atoms with E-state index in [0.717, 1.165) is 28.4 Å². The second-order valence-corrected chi connectivity index (χ2v) is 5.81. The average Bonchev–Trinajstić information content (AvgIpc) is 2.64. The Hall–Kier alpha value is -0.940. The molecule has 5 heteroatoms. The Bertz CT molecular complexity index is 388. The molecule has 0 atom stereocenters. The second kappa shape index (κ2) is 7.48. The van der Waals surface area contributed by atoms with Gasteiger partial charge < -0.3 is 10.1 Å². The number of hydrogen-bond donors (Lipinski definition) is 1. The van der Waals surface area contributed by atoms with Gasteiger partial charge in [0.15, 0.2) is 0 Å². The number of methoxy groups -OCH3 is 1. The van der Waals surface area contributed by atoms with Crippen molar-refractivity contribution in [3.63, 3.8) is 0 Å². The number of carbonyl (C=O) groups excluding carboxylic acids is 1. The minimum atomic E-state index is -0.0175. The summed E-state index contributed by atoms with van der Waals surface area (Å²) in [6.07, 6.45) is 1.77. The summed E-state index contributed by atoms with van der Waals surface area (Å²) in [6.45, 7) is 7.51. The van der Waals surface area contributed by atoms with E-state index in [0.29, 0.717) is 19.1 Å². The Kier molecular flexibility index (Phi) is 6.29. The minimum Gasteiger partial charge on any atom is -0.385 e. The number of amides is 1. The van der Waals surface area contributed by atoms with E-state index in [9.17, 15) is 4.79 Å². The molecular weight excluding hydrogens is 248 g/mol. The average molecular weight is 270 g/mol. The van der Waals surface area contributed by atoms with Gasteiger partial charge in [-0.15, -0.1) is 11.3 Å². The topological polar surface area (TPSA) is 51.2 Å². The fourth-order valence-electron chi connectivity index (χ4n) is 1.60. The molecule has 1 aromatic rings. The lowest BCUT2D eigenvalue weighted by molar-refractivity contribution is 0.0952. The van der Waals surface area contributed by atoms with Crippen LogP contribution in [0, 0.1) is 12.8 Å². The second-order valence-electron chi connectivity index (χ2n) is 4.72. The summed E-state index contributed by atoms with van der Waals surface area (Å²) in [5, 5.41) is 3.94. The smallest absolute Gasteiger partial charge is 0.263 e. The Balaban J connectivity index is 2.54. The van der Waals surface area contributed by atoms with Crippen molar-refractivity contribution >= 4 is 17.2 Å². The van der Waals surface area contributed by atoms with Crippen LogP contribution in [-0.2, 0) is 11.2 Å². The van der Waals surface area contributed by atoms with Crippen molar-refractivity contribution in [3.8, 4) is 0 Å². The van der Waals surface area contributed by atoms with Crippen LogP contribution in [0.1, 0.15) is 40.6 Å². The molecule has 0 aliphatic rings. The molecule has 0 aliphatic heterocycles. The van der Waals surface area contributed by atoms with Gasteiger partial charge in [0, 0.05) is 26.7 Å². The van der Waals surface area contributed by atoms with Crippen molar-refractivity contribution in [2.24, 2.45) is 5.92 Å². The molecule has 0 aromatic carbocycles. The van der Waals surface area contributed by atoms with Crippen molar-refractivity contribution in [2.75, 3.05) is 20.3 Å². The van der Waals surface area contributed by atoms with E-state index >= 15 is 0 Å². The molecule has 1 rings (SSSR count). The van der Waals surface area contributed by atoms with Crippen LogP contribution in [0.25, 0.3) is 0 Å². The van der Waals surface area contributed by atoms with Crippen LogP contribution < -0.4 is 5.32 Å². The van der Waals surface area contributed by atoms with Crippen LogP contribution in [-0.4, -0.2) is 31.2 Å². The van der Waals surface area contributed by atoms with E-state index in [1.54, 1.807) is 7.11 Å². The third-order valence-corrected chi connectivity index (χ3v) is 3.62. The van der Waals surface area contributed by atoms with Crippen molar-refractivity contribution in [3.05, 3.63) is 15.6 Å². The summed E-state index contributed by atoms with van der Waals surface area (Å²) in [5.74, 6) is 0.546. The maximum absolute atomic E-state index is 11.9.